The molecule has 100 valence electrons. The first-order valence-electron chi connectivity index (χ1n) is 5.64. The molecule has 3 N–H and O–H groups in total. The SMILES string of the molecule is Nc1ccc(Br)cc1S(=O)(=O)N1CCCC(O)C1. The lowest BCUT2D eigenvalue weighted by molar-refractivity contribution is 0.108. The molecule has 1 aliphatic heterocycles. The van der Waals surface area contributed by atoms with Gasteiger partial charge in [0.1, 0.15) is 4.90 Å². The minimum Gasteiger partial charge on any atom is -0.398 e. The lowest BCUT2D eigenvalue weighted by atomic mass is 10.1. The van der Waals surface area contributed by atoms with Crippen LogP contribution in [0.1, 0.15) is 12.8 Å². The second-order valence-corrected chi connectivity index (χ2v) is 7.16. The summed E-state index contributed by atoms with van der Waals surface area (Å²) in [7, 11) is -3.63. The standard InChI is InChI=1S/C11H15BrN2O3S/c12-8-3-4-10(13)11(6-8)18(16,17)14-5-1-2-9(15)7-14/h3-4,6,9,15H,1-2,5,7,13H2. The van der Waals surface area contributed by atoms with Gasteiger partial charge in [-0.15, -0.1) is 0 Å². The first kappa shape index (κ1) is 13.8. The summed E-state index contributed by atoms with van der Waals surface area (Å²) in [5.74, 6) is 0. The number of aliphatic hydroxyl groups excluding tert-OH is 1. The molecule has 1 aliphatic rings. The van der Waals surface area contributed by atoms with Gasteiger partial charge >= 0.3 is 0 Å². The highest BCUT2D eigenvalue weighted by Gasteiger charge is 2.30. The molecule has 2 rings (SSSR count). The number of hydrogen-bond acceptors (Lipinski definition) is 4. The van der Waals surface area contributed by atoms with Crippen molar-refractivity contribution in [2.45, 2.75) is 23.8 Å². The topological polar surface area (TPSA) is 83.6 Å². The molecule has 18 heavy (non-hydrogen) atoms. The molecule has 1 aromatic rings. The van der Waals surface area contributed by atoms with Gasteiger partial charge in [0.25, 0.3) is 0 Å². The Kier molecular flexibility index (Phi) is 3.96. The molecule has 1 heterocycles. The van der Waals surface area contributed by atoms with Gasteiger partial charge in [0, 0.05) is 17.6 Å². The number of β-amino-alcohol motifs (C(OH)–C–C–N with tert-alkyl or cyclic N) is 1. The molecule has 0 radical (unpaired) electrons. The minimum absolute atomic E-state index is 0.0889. The monoisotopic (exact) mass is 334 g/mol. The molecular weight excluding hydrogens is 320 g/mol. The van der Waals surface area contributed by atoms with Gasteiger partial charge < -0.3 is 10.8 Å². The number of hydrogen-bond donors (Lipinski definition) is 2. The van der Waals surface area contributed by atoms with E-state index in [1.807, 2.05) is 0 Å². The van der Waals surface area contributed by atoms with Crippen LogP contribution in [0.4, 0.5) is 5.69 Å². The maximum absolute atomic E-state index is 12.4. The van der Waals surface area contributed by atoms with Crippen molar-refractivity contribution < 1.29 is 13.5 Å². The van der Waals surface area contributed by atoms with Crippen molar-refractivity contribution >= 4 is 31.6 Å². The third-order valence-electron chi connectivity index (χ3n) is 2.95. The van der Waals surface area contributed by atoms with Crippen LogP contribution >= 0.6 is 15.9 Å². The predicted molar refractivity (Wildman–Crippen MR) is 72.6 cm³/mol. The van der Waals surface area contributed by atoms with Crippen LogP contribution in [0.25, 0.3) is 0 Å². The second kappa shape index (κ2) is 5.16. The molecule has 1 saturated heterocycles. The number of nitrogen functional groups attached to an aromatic ring is 1. The van der Waals surface area contributed by atoms with Crippen molar-refractivity contribution in [3.63, 3.8) is 0 Å². The fraction of sp³-hybridized carbons (Fsp3) is 0.455. The largest absolute Gasteiger partial charge is 0.398 e. The molecule has 0 aromatic heterocycles. The van der Waals surface area contributed by atoms with Crippen LogP contribution in [0.3, 0.4) is 0 Å². The number of halogens is 1. The number of aliphatic hydroxyl groups is 1. The number of nitrogens with zero attached hydrogens (tertiary/aromatic N) is 1. The van der Waals surface area contributed by atoms with E-state index in [9.17, 15) is 13.5 Å². The van der Waals surface area contributed by atoms with Gasteiger partial charge in [-0.2, -0.15) is 4.31 Å². The Morgan fingerprint density at radius 1 is 1.44 bits per heavy atom. The Hall–Kier alpha value is -0.630. The van der Waals surface area contributed by atoms with E-state index in [1.54, 1.807) is 12.1 Å². The predicted octanol–water partition coefficient (Wildman–Crippen LogP) is 1.18. The van der Waals surface area contributed by atoms with Gasteiger partial charge in [-0.3, -0.25) is 0 Å². The molecule has 5 nitrogen and oxygen atoms in total. The molecule has 0 aliphatic carbocycles. The van der Waals surface area contributed by atoms with E-state index >= 15 is 0 Å². The zero-order chi connectivity index (χ0) is 13.3. The zero-order valence-corrected chi connectivity index (χ0v) is 12.1. The summed E-state index contributed by atoms with van der Waals surface area (Å²) >= 11 is 3.24. The normalized spacial score (nSPS) is 22.0. The number of nitrogens with two attached hydrogens (primary N) is 1. The van der Waals surface area contributed by atoms with Crippen molar-refractivity contribution in [3.05, 3.63) is 22.7 Å². The van der Waals surface area contributed by atoms with E-state index in [4.69, 9.17) is 5.73 Å². The van der Waals surface area contributed by atoms with Gasteiger partial charge in [0.05, 0.1) is 11.8 Å². The number of benzene rings is 1. The highest BCUT2D eigenvalue weighted by atomic mass is 79.9. The highest BCUT2D eigenvalue weighted by molar-refractivity contribution is 9.10. The summed E-state index contributed by atoms with van der Waals surface area (Å²) in [6.45, 7) is 0.555. The third-order valence-corrected chi connectivity index (χ3v) is 5.37. The number of sulfonamides is 1. The smallest absolute Gasteiger partial charge is 0.245 e. The molecule has 1 fully saturated rings. The molecule has 0 bridgehead atoms. The molecule has 7 heteroatoms. The van der Waals surface area contributed by atoms with Crippen LogP contribution in [-0.4, -0.2) is 37.0 Å². The second-order valence-electron chi connectivity index (χ2n) is 4.34. The fourth-order valence-corrected chi connectivity index (χ4v) is 4.18. The van der Waals surface area contributed by atoms with Crippen LogP contribution < -0.4 is 5.73 Å². The third kappa shape index (κ3) is 2.69. The summed E-state index contributed by atoms with van der Waals surface area (Å²) in [5.41, 5.74) is 5.95. The van der Waals surface area contributed by atoms with E-state index in [1.165, 1.54) is 10.4 Å². The van der Waals surface area contributed by atoms with E-state index in [2.05, 4.69) is 15.9 Å². The maximum Gasteiger partial charge on any atom is 0.245 e. The van der Waals surface area contributed by atoms with Gasteiger partial charge in [-0.25, -0.2) is 8.42 Å². The van der Waals surface area contributed by atoms with E-state index in [-0.39, 0.29) is 17.1 Å². The van der Waals surface area contributed by atoms with Crippen LogP contribution in [0.15, 0.2) is 27.6 Å². The lowest BCUT2D eigenvalue weighted by Crippen LogP contribution is -2.42. The van der Waals surface area contributed by atoms with Crippen molar-refractivity contribution in [1.82, 2.24) is 4.31 Å². The Bertz CT molecular complexity index is 547. The zero-order valence-electron chi connectivity index (χ0n) is 9.71. The molecule has 0 amide bonds. The number of rotatable bonds is 2. The van der Waals surface area contributed by atoms with Crippen LogP contribution in [0, 0.1) is 0 Å². The van der Waals surface area contributed by atoms with Crippen molar-refractivity contribution in [2.75, 3.05) is 18.8 Å². The average Bonchev–Trinajstić information content (AvgIpc) is 2.32. The lowest BCUT2D eigenvalue weighted by Gasteiger charge is -2.29. The van der Waals surface area contributed by atoms with Crippen LogP contribution in [0.2, 0.25) is 0 Å². The van der Waals surface area contributed by atoms with Gasteiger partial charge in [0.15, 0.2) is 0 Å². The number of piperidine rings is 1. The fourth-order valence-electron chi connectivity index (χ4n) is 2.01. The first-order valence-corrected chi connectivity index (χ1v) is 7.88. The summed E-state index contributed by atoms with van der Waals surface area (Å²) in [4.78, 5) is 0.0889. The molecule has 0 saturated carbocycles. The maximum atomic E-state index is 12.4. The molecule has 1 aromatic carbocycles. The average molecular weight is 335 g/mol. The Morgan fingerprint density at radius 2 is 2.17 bits per heavy atom. The molecule has 1 unspecified atom stereocenters. The van der Waals surface area contributed by atoms with Crippen LogP contribution in [-0.2, 0) is 10.0 Å². The first-order chi connectivity index (χ1) is 8.41. The van der Waals surface area contributed by atoms with E-state index < -0.39 is 16.1 Å². The molecular formula is C11H15BrN2O3S. The Balaban J connectivity index is 2.38. The summed E-state index contributed by atoms with van der Waals surface area (Å²) in [6, 6.07) is 4.74. The van der Waals surface area contributed by atoms with Crippen molar-refractivity contribution in [2.24, 2.45) is 0 Å². The Labute approximate surface area is 115 Å². The highest BCUT2D eigenvalue weighted by Crippen LogP contribution is 2.27. The quantitative estimate of drug-likeness (QED) is 0.795. The molecule has 0 spiro atoms. The van der Waals surface area contributed by atoms with Crippen molar-refractivity contribution in [3.8, 4) is 0 Å². The molecule has 1 atom stereocenters. The van der Waals surface area contributed by atoms with Crippen LogP contribution in [0.5, 0.6) is 0 Å². The van der Waals surface area contributed by atoms with Crippen molar-refractivity contribution in [1.29, 1.82) is 0 Å². The summed E-state index contributed by atoms with van der Waals surface area (Å²) in [5, 5.41) is 9.57. The van der Waals surface area contributed by atoms with E-state index in [0.717, 1.165) is 0 Å². The van der Waals surface area contributed by atoms with Gasteiger partial charge in [0.2, 0.25) is 10.0 Å². The van der Waals surface area contributed by atoms with E-state index in [0.29, 0.717) is 23.9 Å². The number of anilines is 1. The minimum atomic E-state index is -3.63. The van der Waals surface area contributed by atoms with Gasteiger partial charge in [-0.1, -0.05) is 15.9 Å². The summed E-state index contributed by atoms with van der Waals surface area (Å²) < 4.78 is 26.8. The van der Waals surface area contributed by atoms with Gasteiger partial charge in [-0.05, 0) is 31.0 Å². The summed E-state index contributed by atoms with van der Waals surface area (Å²) in [6.07, 6.45) is 0.704. The Morgan fingerprint density at radius 3 is 2.83 bits per heavy atom.